The number of amides is 4. The summed E-state index contributed by atoms with van der Waals surface area (Å²) >= 11 is 6.23. The molecule has 2 aromatic rings. The maximum Gasteiger partial charge on any atom is 0.325 e. The van der Waals surface area contributed by atoms with Crippen LogP contribution in [0.2, 0.25) is 5.02 Å². The first-order valence-corrected chi connectivity index (χ1v) is 9.93. The Kier molecular flexibility index (Phi) is 5.94. The molecule has 1 aliphatic heterocycles. The number of hydrogen-bond acceptors (Lipinski definition) is 3. The van der Waals surface area contributed by atoms with Crippen LogP contribution in [-0.2, 0) is 15.1 Å². The second-order valence-electron chi connectivity index (χ2n) is 7.37. The van der Waals surface area contributed by atoms with Crippen molar-refractivity contribution in [2.45, 2.75) is 38.6 Å². The molecule has 1 heterocycles. The third-order valence-corrected chi connectivity index (χ3v) is 5.70. The SMILES string of the molecule is CC[C@H](C)c1ccccc1NC(=O)CN1C(=O)N[C@@](C)(c2ccccc2Cl)C1=O. The van der Waals surface area contributed by atoms with Crippen LogP contribution in [-0.4, -0.2) is 29.3 Å². The Morgan fingerprint density at radius 2 is 1.83 bits per heavy atom. The van der Waals surface area contributed by atoms with Crippen molar-refractivity contribution < 1.29 is 14.4 Å². The average Bonchev–Trinajstić information content (AvgIpc) is 2.92. The summed E-state index contributed by atoms with van der Waals surface area (Å²) in [6.07, 6.45) is 0.927. The van der Waals surface area contributed by atoms with Gasteiger partial charge in [0.05, 0.1) is 0 Å². The average molecular weight is 414 g/mol. The van der Waals surface area contributed by atoms with Crippen LogP contribution in [0, 0.1) is 0 Å². The number of benzene rings is 2. The lowest BCUT2D eigenvalue weighted by Crippen LogP contribution is -2.42. The van der Waals surface area contributed by atoms with Crippen LogP contribution in [0.15, 0.2) is 48.5 Å². The largest absolute Gasteiger partial charge is 0.325 e. The van der Waals surface area contributed by atoms with Gasteiger partial charge in [0.1, 0.15) is 12.1 Å². The van der Waals surface area contributed by atoms with Crippen molar-refractivity contribution in [3.63, 3.8) is 0 Å². The van der Waals surface area contributed by atoms with Gasteiger partial charge in [-0.25, -0.2) is 4.79 Å². The maximum atomic E-state index is 13.0. The molecular formula is C22H24ClN3O3. The highest BCUT2D eigenvalue weighted by Crippen LogP contribution is 2.33. The number of carbonyl (C=O) groups excluding carboxylic acids is 3. The molecule has 0 saturated carbocycles. The van der Waals surface area contributed by atoms with Gasteiger partial charge in [-0.15, -0.1) is 0 Å². The molecule has 6 nitrogen and oxygen atoms in total. The van der Waals surface area contributed by atoms with Crippen molar-refractivity contribution in [1.82, 2.24) is 10.2 Å². The minimum Gasteiger partial charge on any atom is -0.324 e. The predicted octanol–water partition coefficient (Wildman–Crippen LogP) is 4.26. The van der Waals surface area contributed by atoms with Gasteiger partial charge in [0.25, 0.3) is 5.91 Å². The lowest BCUT2D eigenvalue weighted by Gasteiger charge is -2.23. The normalized spacial score (nSPS) is 19.8. The molecule has 2 aromatic carbocycles. The molecule has 0 bridgehead atoms. The van der Waals surface area contributed by atoms with Gasteiger partial charge in [-0.05, 0) is 37.0 Å². The van der Waals surface area contributed by atoms with Crippen molar-refractivity contribution in [1.29, 1.82) is 0 Å². The number of anilines is 1. The Hall–Kier alpha value is -2.86. The zero-order chi connectivity index (χ0) is 21.2. The summed E-state index contributed by atoms with van der Waals surface area (Å²) in [5.74, 6) is -0.680. The van der Waals surface area contributed by atoms with Gasteiger partial charge in [-0.1, -0.05) is 61.8 Å². The first kappa shape index (κ1) is 20.9. The van der Waals surface area contributed by atoms with E-state index in [0.29, 0.717) is 16.3 Å². The molecule has 2 atom stereocenters. The first-order chi connectivity index (χ1) is 13.8. The fourth-order valence-corrected chi connectivity index (χ4v) is 3.81. The van der Waals surface area contributed by atoms with Crippen LogP contribution in [0.1, 0.15) is 44.2 Å². The highest BCUT2D eigenvalue weighted by Gasteiger charge is 2.50. The number of rotatable bonds is 6. The molecular weight excluding hydrogens is 390 g/mol. The van der Waals surface area contributed by atoms with Crippen molar-refractivity contribution in [3.8, 4) is 0 Å². The van der Waals surface area contributed by atoms with Crippen molar-refractivity contribution >= 4 is 35.1 Å². The van der Waals surface area contributed by atoms with E-state index in [9.17, 15) is 14.4 Å². The number of halogens is 1. The van der Waals surface area contributed by atoms with E-state index in [0.717, 1.165) is 16.9 Å². The quantitative estimate of drug-likeness (QED) is 0.694. The smallest absolute Gasteiger partial charge is 0.324 e. The van der Waals surface area contributed by atoms with E-state index in [2.05, 4.69) is 24.5 Å². The predicted molar refractivity (Wildman–Crippen MR) is 113 cm³/mol. The number of urea groups is 1. The first-order valence-electron chi connectivity index (χ1n) is 9.55. The Labute approximate surface area is 175 Å². The molecule has 3 rings (SSSR count). The monoisotopic (exact) mass is 413 g/mol. The molecule has 0 unspecified atom stereocenters. The van der Waals surface area contributed by atoms with E-state index in [4.69, 9.17) is 11.6 Å². The maximum absolute atomic E-state index is 13.0. The van der Waals surface area contributed by atoms with Gasteiger partial charge in [-0.3, -0.25) is 14.5 Å². The van der Waals surface area contributed by atoms with Gasteiger partial charge in [0.15, 0.2) is 0 Å². The molecule has 7 heteroatoms. The second-order valence-corrected chi connectivity index (χ2v) is 7.78. The third kappa shape index (κ3) is 3.98. The Morgan fingerprint density at radius 1 is 1.17 bits per heavy atom. The van der Waals surface area contributed by atoms with Crippen LogP contribution >= 0.6 is 11.6 Å². The van der Waals surface area contributed by atoms with E-state index >= 15 is 0 Å². The molecule has 2 N–H and O–H groups in total. The van der Waals surface area contributed by atoms with E-state index in [-0.39, 0.29) is 12.5 Å². The van der Waals surface area contributed by atoms with Crippen LogP contribution in [0.25, 0.3) is 0 Å². The summed E-state index contributed by atoms with van der Waals surface area (Å²) in [5, 5.41) is 5.87. The van der Waals surface area contributed by atoms with Crippen LogP contribution in [0.4, 0.5) is 10.5 Å². The molecule has 4 amide bonds. The van der Waals surface area contributed by atoms with Gasteiger partial charge in [-0.2, -0.15) is 0 Å². The van der Waals surface area contributed by atoms with Gasteiger partial charge < -0.3 is 10.6 Å². The molecule has 1 fully saturated rings. The summed E-state index contributed by atoms with van der Waals surface area (Å²) in [6, 6.07) is 13.7. The Morgan fingerprint density at radius 3 is 2.52 bits per heavy atom. The standard InChI is InChI=1S/C22H24ClN3O3/c1-4-14(2)15-9-5-8-12-18(15)24-19(27)13-26-20(28)22(3,25-21(26)29)16-10-6-7-11-17(16)23/h5-12,14H,4,13H2,1-3H3,(H,24,27)(H,25,29)/t14-,22-/m0/s1. The zero-order valence-corrected chi connectivity index (χ0v) is 17.4. The number of carbonyl (C=O) groups is 3. The minimum atomic E-state index is -1.32. The molecule has 0 spiro atoms. The molecule has 1 saturated heterocycles. The van der Waals surface area contributed by atoms with Crippen LogP contribution in [0.5, 0.6) is 0 Å². The molecule has 0 aliphatic carbocycles. The summed E-state index contributed by atoms with van der Waals surface area (Å²) in [7, 11) is 0. The highest BCUT2D eigenvalue weighted by molar-refractivity contribution is 6.32. The zero-order valence-electron chi connectivity index (χ0n) is 16.7. The molecule has 29 heavy (non-hydrogen) atoms. The number of hydrogen-bond donors (Lipinski definition) is 2. The third-order valence-electron chi connectivity index (χ3n) is 5.37. The van der Waals surface area contributed by atoms with Gasteiger partial charge >= 0.3 is 6.03 Å². The molecule has 0 radical (unpaired) electrons. The van der Waals surface area contributed by atoms with Gasteiger partial charge in [0, 0.05) is 16.3 Å². The van der Waals surface area contributed by atoms with E-state index in [1.165, 1.54) is 0 Å². The molecule has 1 aliphatic rings. The fraction of sp³-hybridized carbons (Fsp3) is 0.318. The van der Waals surface area contributed by atoms with Crippen LogP contribution < -0.4 is 10.6 Å². The van der Waals surface area contributed by atoms with Crippen molar-refractivity contribution in [2.24, 2.45) is 0 Å². The Bertz CT molecular complexity index is 962. The fourth-order valence-electron chi connectivity index (χ4n) is 3.48. The van der Waals surface area contributed by atoms with Crippen molar-refractivity contribution in [3.05, 3.63) is 64.7 Å². The number of imide groups is 1. The van der Waals surface area contributed by atoms with E-state index < -0.39 is 23.4 Å². The summed E-state index contributed by atoms with van der Waals surface area (Å²) < 4.78 is 0. The van der Waals surface area contributed by atoms with Crippen LogP contribution in [0.3, 0.4) is 0 Å². The lowest BCUT2D eigenvalue weighted by molar-refractivity contribution is -0.133. The highest BCUT2D eigenvalue weighted by atomic mass is 35.5. The number of para-hydroxylation sites is 1. The van der Waals surface area contributed by atoms with E-state index in [1.807, 2.05) is 24.3 Å². The van der Waals surface area contributed by atoms with E-state index in [1.54, 1.807) is 31.2 Å². The number of nitrogens with zero attached hydrogens (tertiary/aromatic N) is 1. The number of nitrogens with one attached hydrogen (secondary N) is 2. The molecule has 152 valence electrons. The summed E-state index contributed by atoms with van der Waals surface area (Å²) in [4.78, 5) is 39.0. The van der Waals surface area contributed by atoms with Crippen molar-refractivity contribution in [2.75, 3.05) is 11.9 Å². The summed E-state index contributed by atoms with van der Waals surface area (Å²) in [5.41, 5.74) is 0.879. The Balaban J connectivity index is 1.78. The second kappa shape index (κ2) is 8.25. The van der Waals surface area contributed by atoms with Gasteiger partial charge in [0.2, 0.25) is 5.91 Å². The topological polar surface area (TPSA) is 78.5 Å². The lowest BCUT2D eigenvalue weighted by atomic mass is 9.92. The molecule has 0 aromatic heterocycles. The minimum absolute atomic E-state index is 0.270. The summed E-state index contributed by atoms with van der Waals surface area (Å²) in [6.45, 7) is 5.37.